The highest BCUT2D eigenvalue weighted by molar-refractivity contribution is 5.89. The van der Waals surface area contributed by atoms with Crippen molar-refractivity contribution in [2.24, 2.45) is 0 Å². The van der Waals surface area contributed by atoms with Crippen LogP contribution in [0.25, 0.3) is 6.08 Å². The summed E-state index contributed by atoms with van der Waals surface area (Å²) in [6.07, 6.45) is 2.46. The summed E-state index contributed by atoms with van der Waals surface area (Å²) in [6.45, 7) is 0.167. The Kier molecular flexibility index (Phi) is 7.15. The zero-order chi connectivity index (χ0) is 21.3. The van der Waals surface area contributed by atoms with Crippen LogP contribution in [0.5, 0.6) is 23.0 Å². The van der Waals surface area contributed by atoms with E-state index < -0.39 is 18.5 Å². The van der Waals surface area contributed by atoms with Gasteiger partial charge in [-0.15, -0.1) is 0 Å². The number of ether oxygens (including phenoxy) is 5. The lowest BCUT2D eigenvalue weighted by molar-refractivity contribution is -0.143. The van der Waals surface area contributed by atoms with Gasteiger partial charge < -0.3 is 29.0 Å². The molecular formula is C22H23NO7. The van der Waals surface area contributed by atoms with E-state index in [1.54, 1.807) is 37.5 Å². The second-order valence-corrected chi connectivity index (χ2v) is 6.35. The molecule has 1 atom stereocenters. The van der Waals surface area contributed by atoms with Crippen molar-refractivity contribution in [3.05, 3.63) is 54.1 Å². The van der Waals surface area contributed by atoms with Gasteiger partial charge in [-0.25, -0.2) is 4.79 Å². The van der Waals surface area contributed by atoms with Gasteiger partial charge in [0.25, 0.3) is 5.91 Å². The number of methoxy groups -OCH3 is 2. The van der Waals surface area contributed by atoms with E-state index in [4.69, 9.17) is 23.7 Å². The van der Waals surface area contributed by atoms with E-state index in [1.807, 2.05) is 18.2 Å². The molecule has 1 N–H and O–H groups in total. The maximum Gasteiger partial charge on any atom is 0.331 e. The van der Waals surface area contributed by atoms with Crippen molar-refractivity contribution in [3.63, 3.8) is 0 Å². The van der Waals surface area contributed by atoms with Gasteiger partial charge in [0.15, 0.2) is 18.1 Å². The Morgan fingerprint density at radius 3 is 2.70 bits per heavy atom. The molecule has 8 nitrogen and oxygen atoms in total. The van der Waals surface area contributed by atoms with Gasteiger partial charge in [-0.3, -0.25) is 4.79 Å². The number of nitrogens with one attached hydrogen (secondary N) is 1. The fourth-order valence-corrected chi connectivity index (χ4v) is 2.74. The molecular weight excluding hydrogens is 390 g/mol. The van der Waals surface area contributed by atoms with E-state index in [1.165, 1.54) is 13.2 Å². The van der Waals surface area contributed by atoms with Crippen LogP contribution >= 0.6 is 0 Å². The van der Waals surface area contributed by atoms with E-state index in [9.17, 15) is 9.59 Å². The number of para-hydroxylation sites is 2. The highest BCUT2D eigenvalue weighted by Crippen LogP contribution is 2.30. The third-order valence-corrected chi connectivity index (χ3v) is 4.28. The molecule has 0 fully saturated rings. The van der Waals surface area contributed by atoms with Crippen molar-refractivity contribution in [1.82, 2.24) is 5.32 Å². The summed E-state index contributed by atoms with van der Waals surface area (Å²) in [4.78, 5) is 23.8. The van der Waals surface area contributed by atoms with Gasteiger partial charge >= 0.3 is 5.97 Å². The fourth-order valence-electron chi connectivity index (χ4n) is 2.74. The zero-order valence-electron chi connectivity index (χ0n) is 16.8. The van der Waals surface area contributed by atoms with E-state index in [-0.39, 0.29) is 12.6 Å². The summed E-state index contributed by atoms with van der Waals surface area (Å²) in [5.74, 6) is 1.42. The Balaban J connectivity index is 1.42. The highest BCUT2D eigenvalue weighted by Gasteiger charge is 2.21. The highest BCUT2D eigenvalue weighted by atomic mass is 16.6. The second-order valence-electron chi connectivity index (χ2n) is 6.35. The minimum Gasteiger partial charge on any atom is -0.497 e. The van der Waals surface area contributed by atoms with Crippen LogP contribution in [-0.2, 0) is 14.3 Å². The number of fused-ring (bicyclic) bond motifs is 1. The molecule has 0 saturated heterocycles. The first kappa shape index (κ1) is 21.0. The van der Waals surface area contributed by atoms with Crippen LogP contribution in [-0.4, -0.2) is 52.0 Å². The van der Waals surface area contributed by atoms with Crippen molar-refractivity contribution in [2.45, 2.75) is 6.10 Å². The summed E-state index contributed by atoms with van der Waals surface area (Å²) in [5, 5.41) is 2.66. The van der Waals surface area contributed by atoms with Gasteiger partial charge in [0.05, 0.1) is 20.8 Å². The van der Waals surface area contributed by atoms with Gasteiger partial charge in [-0.1, -0.05) is 12.1 Å². The van der Waals surface area contributed by atoms with Gasteiger partial charge in [0.1, 0.15) is 24.2 Å². The first-order valence-electron chi connectivity index (χ1n) is 9.31. The second kappa shape index (κ2) is 10.2. The number of hydrogen-bond donors (Lipinski definition) is 1. The maximum absolute atomic E-state index is 11.9. The summed E-state index contributed by atoms with van der Waals surface area (Å²) < 4.78 is 26.7. The molecule has 2 aromatic carbocycles. The number of carbonyl (C=O) groups excluding carboxylic acids is 2. The number of hydrogen-bond acceptors (Lipinski definition) is 7. The molecule has 0 bridgehead atoms. The summed E-state index contributed by atoms with van der Waals surface area (Å²) in [7, 11) is 3.08. The normalized spacial score (nSPS) is 14.8. The molecule has 1 amide bonds. The zero-order valence-corrected chi connectivity index (χ0v) is 16.8. The first-order chi connectivity index (χ1) is 14.6. The van der Waals surface area contributed by atoms with Crippen molar-refractivity contribution in [1.29, 1.82) is 0 Å². The number of rotatable bonds is 8. The minimum absolute atomic E-state index is 0.240. The molecule has 0 spiro atoms. The Morgan fingerprint density at radius 2 is 1.93 bits per heavy atom. The lowest BCUT2D eigenvalue weighted by Crippen LogP contribution is -2.42. The predicted octanol–water partition coefficient (Wildman–Crippen LogP) is 2.22. The molecule has 1 heterocycles. The predicted molar refractivity (Wildman–Crippen MR) is 109 cm³/mol. The number of carbonyl (C=O) groups is 2. The lowest BCUT2D eigenvalue weighted by atomic mass is 10.2. The molecule has 2 aromatic rings. The van der Waals surface area contributed by atoms with Crippen LogP contribution in [0, 0.1) is 0 Å². The Bertz CT molecular complexity index is 925. The van der Waals surface area contributed by atoms with Gasteiger partial charge in [0, 0.05) is 17.7 Å². The van der Waals surface area contributed by atoms with E-state index in [2.05, 4.69) is 5.32 Å². The maximum atomic E-state index is 11.9. The number of esters is 1. The average molecular weight is 413 g/mol. The lowest BCUT2D eigenvalue weighted by Gasteiger charge is -2.26. The fraction of sp³-hybridized carbons (Fsp3) is 0.273. The first-order valence-corrected chi connectivity index (χ1v) is 9.31. The summed E-state index contributed by atoms with van der Waals surface area (Å²) in [6, 6.07) is 12.5. The summed E-state index contributed by atoms with van der Waals surface area (Å²) >= 11 is 0. The average Bonchev–Trinajstić information content (AvgIpc) is 2.79. The quantitative estimate of drug-likeness (QED) is 0.524. The van der Waals surface area contributed by atoms with Crippen molar-refractivity contribution >= 4 is 18.0 Å². The SMILES string of the molecule is COc1ccc(/C=C/C(=O)OCC(=O)NC[C@H]2COc3ccccc3O2)c(OC)c1. The molecule has 0 aliphatic carbocycles. The van der Waals surface area contributed by atoms with Gasteiger partial charge in [-0.2, -0.15) is 0 Å². The van der Waals surface area contributed by atoms with Crippen LogP contribution < -0.4 is 24.3 Å². The third-order valence-electron chi connectivity index (χ3n) is 4.28. The largest absolute Gasteiger partial charge is 0.497 e. The number of amides is 1. The smallest absolute Gasteiger partial charge is 0.331 e. The number of benzene rings is 2. The van der Waals surface area contributed by atoms with Crippen molar-refractivity contribution < 1.29 is 33.3 Å². The molecule has 158 valence electrons. The Hall–Kier alpha value is -3.68. The monoisotopic (exact) mass is 413 g/mol. The van der Waals surface area contributed by atoms with Crippen LogP contribution in [0.4, 0.5) is 0 Å². The molecule has 8 heteroatoms. The Morgan fingerprint density at radius 1 is 1.13 bits per heavy atom. The minimum atomic E-state index is -0.644. The van der Waals surface area contributed by atoms with E-state index in [0.717, 1.165) is 0 Å². The molecule has 3 rings (SSSR count). The van der Waals surface area contributed by atoms with E-state index >= 15 is 0 Å². The van der Waals surface area contributed by atoms with Crippen molar-refractivity contribution in [3.8, 4) is 23.0 Å². The third kappa shape index (κ3) is 5.66. The topological polar surface area (TPSA) is 92.3 Å². The molecule has 30 heavy (non-hydrogen) atoms. The molecule has 0 saturated carbocycles. The van der Waals surface area contributed by atoms with Gasteiger partial charge in [0.2, 0.25) is 0 Å². The standard InChI is InChI=1S/C22H23NO7/c1-26-16-9-7-15(20(11-16)27-2)8-10-22(25)29-14-21(24)23-12-17-13-28-18-5-3-4-6-19(18)30-17/h3-11,17H,12-14H2,1-2H3,(H,23,24)/b10-8+/t17-/m0/s1. The molecule has 1 aliphatic heterocycles. The van der Waals surface area contributed by atoms with E-state index in [0.29, 0.717) is 35.2 Å². The molecule has 0 radical (unpaired) electrons. The van der Waals surface area contributed by atoms with Gasteiger partial charge in [-0.05, 0) is 30.3 Å². The van der Waals surface area contributed by atoms with Crippen LogP contribution in [0.3, 0.4) is 0 Å². The molecule has 1 aliphatic rings. The van der Waals surface area contributed by atoms with Crippen LogP contribution in [0.2, 0.25) is 0 Å². The van der Waals surface area contributed by atoms with Crippen molar-refractivity contribution in [2.75, 3.05) is 34.0 Å². The molecule has 0 unspecified atom stereocenters. The molecule has 0 aromatic heterocycles. The van der Waals surface area contributed by atoms with Crippen LogP contribution in [0.15, 0.2) is 48.5 Å². The van der Waals surface area contributed by atoms with Crippen LogP contribution in [0.1, 0.15) is 5.56 Å². The summed E-state index contributed by atoms with van der Waals surface area (Å²) in [5.41, 5.74) is 0.675. The Labute approximate surface area is 174 Å².